The first kappa shape index (κ1) is 33.0. The Bertz CT molecular complexity index is 516. The summed E-state index contributed by atoms with van der Waals surface area (Å²) in [4.78, 5) is 27.2. The third kappa shape index (κ3) is 19.1. The quantitative estimate of drug-likeness (QED) is 0.0912. The first-order valence-corrected chi connectivity index (χ1v) is 16.1. The lowest BCUT2D eigenvalue weighted by atomic mass is 10.0. The molecule has 1 fully saturated rings. The molecule has 4 heteroatoms. The largest absolute Gasteiger partial charge is 0.462 e. The molecule has 0 aromatic rings. The van der Waals surface area contributed by atoms with E-state index in [4.69, 9.17) is 4.74 Å². The molecule has 1 heterocycles. The first-order chi connectivity index (χ1) is 17.7. The Balaban J connectivity index is 2.18. The van der Waals surface area contributed by atoms with Crippen LogP contribution >= 0.6 is 0 Å². The van der Waals surface area contributed by atoms with Gasteiger partial charge in [-0.3, -0.25) is 9.59 Å². The van der Waals surface area contributed by atoms with Crippen LogP contribution in [-0.2, 0) is 14.3 Å². The molecule has 0 aromatic heterocycles. The summed E-state index contributed by atoms with van der Waals surface area (Å²) in [5, 5.41) is 0. The van der Waals surface area contributed by atoms with Crippen molar-refractivity contribution in [1.82, 2.24) is 4.90 Å². The Hall–Kier alpha value is -1.06. The van der Waals surface area contributed by atoms with Gasteiger partial charge in [0.25, 0.3) is 0 Å². The van der Waals surface area contributed by atoms with Gasteiger partial charge in [-0.2, -0.15) is 0 Å². The van der Waals surface area contributed by atoms with Crippen molar-refractivity contribution in [3.8, 4) is 0 Å². The van der Waals surface area contributed by atoms with E-state index in [1.54, 1.807) is 0 Å². The molecule has 1 aliphatic rings. The van der Waals surface area contributed by atoms with Crippen molar-refractivity contribution >= 4 is 11.9 Å². The lowest BCUT2D eigenvalue weighted by Crippen LogP contribution is -2.32. The van der Waals surface area contributed by atoms with E-state index >= 15 is 0 Å². The molecule has 1 aliphatic heterocycles. The Morgan fingerprint density at radius 1 is 0.611 bits per heavy atom. The van der Waals surface area contributed by atoms with Gasteiger partial charge >= 0.3 is 5.97 Å². The lowest BCUT2D eigenvalue weighted by molar-refractivity contribution is -0.152. The summed E-state index contributed by atoms with van der Waals surface area (Å²) >= 11 is 0. The van der Waals surface area contributed by atoms with Gasteiger partial charge in [-0.1, -0.05) is 129 Å². The minimum Gasteiger partial charge on any atom is -0.462 e. The average Bonchev–Trinajstić information content (AvgIpc) is 3.41. The molecule has 1 saturated heterocycles. The number of carbonyl (C=O) groups is 2. The van der Waals surface area contributed by atoms with Gasteiger partial charge in [-0.15, -0.1) is 0 Å². The summed E-state index contributed by atoms with van der Waals surface area (Å²) in [7, 11) is 0. The Kier molecular flexibility index (Phi) is 22.2. The summed E-state index contributed by atoms with van der Waals surface area (Å²) in [6, 6.07) is 0. The fourth-order valence-electron chi connectivity index (χ4n) is 5.35. The Labute approximate surface area is 224 Å². The normalized spacial score (nSPS) is 14.3. The van der Waals surface area contributed by atoms with Gasteiger partial charge in [0.05, 0.1) is 6.42 Å². The number of hydrogen-bond donors (Lipinski definition) is 0. The molecule has 36 heavy (non-hydrogen) atoms. The van der Waals surface area contributed by atoms with Crippen LogP contribution in [0.2, 0.25) is 0 Å². The van der Waals surface area contributed by atoms with Gasteiger partial charge < -0.3 is 9.64 Å². The van der Waals surface area contributed by atoms with E-state index in [0.717, 1.165) is 51.6 Å². The Morgan fingerprint density at radius 3 is 1.50 bits per heavy atom. The van der Waals surface area contributed by atoms with E-state index in [1.807, 2.05) is 4.90 Å². The minimum atomic E-state index is -0.233. The highest BCUT2D eigenvalue weighted by Gasteiger charge is 2.24. The summed E-state index contributed by atoms with van der Waals surface area (Å²) in [6.45, 7) is 6.27. The maximum atomic E-state index is 12.7. The van der Waals surface area contributed by atoms with Crippen LogP contribution in [-0.4, -0.2) is 36.0 Å². The molecule has 1 rings (SSSR count). The minimum absolute atomic E-state index is 0.0962. The third-order valence-electron chi connectivity index (χ3n) is 7.77. The molecule has 1 atom stereocenters. The van der Waals surface area contributed by atoms with E-state index < -0.39 is 0 Å². The molecule has 0 spiro atoms. The van der Waals surface area contributed by atoms with Gasteiger partial charge in [-0.05, 0) is 32.1 Å². The van der Waals surface area contributed by atoms with Gasteiger partial charge in [0, 0.05) is 19.5 Å². The van der Waals surface area contributed by atoms with Crippen molar-refractivity contribution in [1.29, 1.82) is 0 Å². The number of likely N-dealkylation sites (tertiary alicyclic amines) is 1. The van der Waals surface area contributed by atoms with Crippen LogP contribution in [0.25, 0.3) is 0 Å². The molecular weight excluding hydrogens is 446 g/mol. The molecule has 0 aliphatic carbocycles. The van der Waals surface area contributed by atoms with Gasteiger partial charge in [0.15, 0.2) is 0 Å². The third-order valence-corrected chi connectivity index (χ3v) is 7.77. The van der Waals surface area contributed by atoms with Crippen LogP contribution in [0.4, 0.5) is 0 Å². The zero-order valence-corrected chi connectivity index (χ0v) is 24.3. The average molecular weight is 508 g/mol. The van der Waals surface area contributed by atoms with Crippen molar-refractivity contribution < 1.29 is 14.3 Å². The number of nitrogens with zero attached hydrogens (tertiary/aromatic N) is 1. The summed E-state index contributed by atoms with van der Waals surface area (Å²) in [5.41, 5.74) is 0. The molecule has 1 amide bonds. The molecular formula is C32H61NO3. The second-order valence-electron chi connectivity index (χ2n) is 11.3. The van der Waals surface area contributed by atoms with Crippen molar-refractivity contribution in [2.75, 3.05) is 13.1 Å². The SMILES string of the molecule is CCCCCCCCCCCCCC(=O)OC(CCCCCCCCCCC)CC(=O)N1CCCC1. The lowest BCUT2D eigenvalue weighted by Gasteiger charge is -2.21. The summed E-state index contributed by atoms with van der Waals surface area (Å²) < 4.78 is 5.86. The zero-order valence-electron chi connectivity index (χ0n) is 24.3. The molecule has 0 radical (unpaired) electrons. The maximum absolute atomic E-state index is 12.7. The molecule has 212 valence electrons. The molecule has 4 nitrogen and oxygen atoms in total. The first-order valence-electron chi connectivity index (χ1n) is 16.1. The van der Waals surface area contributed by atoms with Gasteiger partial charge in [0.1, 0.15) is 6.10 Å². The smallest absolute Gasteiger partial charge is 0.306 e. The van der Waals surface area contributed by atoms with E-state index in [1.165, 1.54) is 109 Å². The number of ether oxygens (including phenoxy) is 1. The Morgan fingerprint density at radius 2 is 1.03 bits per heavy atom. The van der Waals surface area contributed by atoms with Crippen molar-refractivity contribution in [2.24, 2.45) is 0 Å². The van der Waals surface area contributed by atoms with Crippen LogP contribution in [0.5, 0.6) is 0 Å². The number of rotatable bonds is 25. The van der Waals surface area contributed by atoms with Gasteiger partial charge in [0.2, 0.25) is 5.91 Å². The van der Waals surface area contributed by atoms with Crippen LogP contribution in [0.3, 0.4) is 0 Å². The number of esters is 1. The van der Waals surface area contributed by atoms with E-state index in [9.17, 15) is 9.59 Å². The zero-order chi connectivity index (χ0) is 26.1. The van der Waals surface area contributed by atoms with Crippen LogP contribution in [0.1, 0.15) is 174 Å². The van der Waals surface area contributed by atoms with E-state index in [0.29, 0.717) is 12.8 Å². The standard InChI is InChI=1S/C32H61NO3/c1-3-5-7-9-11-13-14-16-18-20-22-26-32(35)36-30(29-31(34)33-27-23-24-28-33)25-21-19-17-15-12-10-8-6-4-2/h30H,3-29H2,1-2H3. The van der Waals surface area contributed by atoms with Gasteiger partial charge in [-0.25, -0.2) is 0 Å². The topological polar surface area (TPSA) is 46.6 Å². The molecule has 1 unspecified atom stereocenters. The fraction of sp³-hybridized carbons (Fsp3) is 0.938. The molecule has 0 bridgehead atoms. The van der Waals surface area contributed by atoms with E-state index in [2.05, 4.69) is 13.8 Å². The molecule has 0 saturated carbocycles. The van der Waals surface area contributed by atoms with Crippen LogP contribution in [0.15, 0.2) is 0 Å². The predicted octanol–water partition coefficient (Wildman–Crippen LogP) is 9.53. The summed E-state index contributed by atoms with van der Waals surface area (Å²) in [5.74, 6) is 0.0805. The van der Waals surface area contributed by atoms with Crippen molar-refractivity contribution in [3.63, 3.8) is 0 Å². The number of unbranched alkanes of at least 4 members (excludes halogenated alkanes) is 18. The molecule has 0 N–H and O–H groups in total. The van der Waals surface area contributed by atoms with E-state index in [-0.39, 0.29) is 18.0 Å². The van der Waals surface area contributed by atoms with Crippen molar-refractivity contribution in [2.45, 2.75) is 180 Å². The van der Waals surface area contributed by atoms with Crippen molar-refractivity contribution in [3.05, 3.63) is 0 Å². The summed E-state index contributed by atoms with van der Waals surface area (Å²) in [6.07, 6.45) is 29.3. The molecule has 0 aromatic carbocycles. The highest BCUT2D eigenvalue weighted by Crippen LogP contribution is 2.18. The number of carbonyl (C=O) groups excluding carboxylic acids is 2. The van der Waals surface area contributed by atoms with Crippen LogP contribution in [0, 0.1) is 0 Å². The highest BCUT2D eigenvalue weighted by molar-refractivity contribution is 5.77. The second kappa shape index (κ2) is 24.3. The van der Waals surface area contributed by atoms with Crippen LogP contribution < -0.4 is 0 Å². The highest BCUT2D eigenvalue weighted by atomic mass is 16.5. The monoisotopic (exact) mass is 507 g/mol. The second-order valence-corrected chi connectivity index (χ2v) is 11.3. The number of amides is 1. The maximum Gasteiger partial charge on any atom is 0.306 e. The predicted molar refractivity (Wildman–Crippen MR) is 153 cm³/mol. The number of hydrogen-bond acceptors (Lipinski definition) is 3. The fourth-order valence-corrected chi connectivity index (χ4v) is 5.35.